The van der Waals surface area contributed by atoms with Crippen molar-refractivity contribution >= 4 is 22.4 Å². The monoisotopic (exact) mass is 502 g/mol. The molecule has 3 aromatic rings. The van der Waals surface area contributed by atoms with E-state index in [0.29, 0.717) is 0 Å². The minimum Gasteiger partial charge on any atom is -0.354 e. The van der Waals surface area contributed by atoms with Gasteiger partial charge in [-0.05, 0) is 68.5 Å². The van der Waals surface area contributed by atoms with E-state index in [-0.39, 0.29) is 0 Å². The maximum Gasteiger partial charge on any atom is 0.0900 e. The number of hydrogen-bond acceptors (Lipinski definition) is 5. The van der Waals surface area contributed by atoms with Crippen LogP contribution >= 0.6 is 0 Å². The van der Waals surface area contributed by atoms with Gasteiger partial charge in [-0.2, -0.15) is 0 Å². The molecule has 1 N–H and O–H groups in total. The van der Waals surface area contributed by atoms with Crippen LogP contribution in [0.3, 0.4) is 0 Å². The Bertz CT molecular complexity index is 1540. The van der Waals surface area contributed by atoms with Crippen molar-refractivity contribution in [2.24, 2.45) is 4.99 Å². The van der Waals surface area contributed by atoms with Gasteiger partial charge in [-0.15, -0.1) is 0 Å². The van der Waals surface area contributed by atoms with Gasteiger partial charge in [0.2, 0.25) is 0 Å². The van der Waals surface area contributed by atoms with Crippen LogP contribution in [-0.2, 0) is 0 Å². The van der Waals surface area contributed by atoms with E-state index in [1.165, 1.54) is 0 Å². The van der Waals surface area contributed by atoms with Crippen molar-refractivity contribution < 1.29 is 0 Å². The fraction of sp³-hybridized carbons (Fsp3) is 0.250. The molecule has 0 bridgehead atoms. The number of nitrogens with zero attached hydrogens (tertiary/aromatic N) is 5. The molecule has 0 spiro atoms. The van der Waals surface area contributed by atoms with Crippen LogP contribution in [0.5, 0.6) is 0 Å². The van der Waals surface area contributed by atoms with Gasteiger partial charge in [-0.25, -0.2) is 4.98 Å². The smallest absolute Gasteiger partial charge is 0.0900 e. The number of hydrogen-bond donors (Lipinski definition) is 1. The third kappa shape index (κ3) is 5.32. The van der Waals surface area contributed by atoms with Crippen molar-refractivity contribution in [3.8, 4) is 17.1 Å². The molecule has 2 aliphatic heterocycles. The van der Waals surface area contributed by atoms with Gasteiger partial charge < -0.3 is 19.7 Å². The molecule has 192 valence electrons. The van der Waals surface area contributed by atoms with Gasteiger partial charge >= 0.3 is 0 Å². The number of rotatable bonds is 7. The van der Waals surface area contributed by atoms with Crippen molar-refractivity contribution in [1.29, 1.82) is 0 Å². The van der Waals surface area contributed by atoms with Crippen LogP contribution in [0.25, 0.3) is 28.1 Å². The minimum absolute atomic E-state index is 0.785. The largest absolute Gasteiger partial charge is 0.354 e. The van der Waals surface area contributed by atoms with E-state index < -0.39 is 0 Å². The van der Waals surface area contributed by atoms with Gasteiger partial charge in [0.25, 0.3) is 0 Å². The number of nitrogens with one attached hydrogen (secondary N) is 1. The Kier molecular flexibility index (Phi) is 7.16. The summed E-state index contributed by atoms with van der Waals surface area (Å²) in [7, 11) is 2.20. The molecule has 0 aromatic heterocycles. The lowest BCUT2D eigenvalue weighted by atomic mass is 10.1. The SMILES string of the molecule is CN1CCN(CCCN=c2cc3n(-c4ccccc4)c4ccccc4nc-3cc2Nc2ccccc2)CC1. The molecule has 6 rings (SSSR count). The van der Waals surface area contributed by atoms with Gasteiger partial charge in [0.15, 0.2) is 0 Å². The lowest BCUT2D eigenvalue weighted by Crippen LogP contribution is -2.44. The zero-order valence-corrected chi connectivity index (χ0v) is 21.9. The number of anilines is 2. The zero-order chi connectivity index (χ0) is 25.7. The van der Waals surface area contributed by atoms with Gasteiger partial charge in [0, 0.05) is 44.1 Å². The Morgan fingerprint density at radius 3 is 2.32 bits per heavy atom. The molecule has 3 aliphatic rings. The first kappa shape index (κ1) is 24.3. The normalized spacial score (nSPS) is 15.3. The van der Waals surface area contributed by atoms with E-state index in [1.54, 1.807) is 0 Å². The van der Waals surface area contributed by atoms with E-state index in [2.05, 4.69) is 99.5 Å². The van der Waals surface area contributed by atoms with Gasteiger partial charge in [-0.1, -0.05) is 48.5 Å². The van der Waals surface area contributed by atoms with Crippen molar-refractivity contribution in [3.63, 3.8) is 0 Å². The fourth-order valence-electron chi connectivity index (χ4n) is 5.17. The van der Waals surface area contributed by atoms with Gasteiger partial charge in [0.1, 0.15) is 0 Å². The van der Waals surface area contributed by atoms with Crippen LogP contribution in [0, 0.1) is 0 Å². The first-order valence-corrected chi connectivity index (χ1v) is 13.5. The van der Waals surface area contributed by atoms with E-state index in [4.69, 9.17) is 9.98 Å². The molecule has 1 saturated heterocycles. The Morgan fingerprint density at radius 2 is 1.53 bits per heavy atom. The predicted molar refractivity (Wildman–Crippen MR) is 156 cm³/mol. The quantitative estimate of drug-likeness (QED) is 0.239. The Labute approximate surface area is 224 Å². The molecule has 3 aromatic carbocycles. The molecular weight excluding hydrogens is 468 g/mol. The Morgan fingerprint density at radius 1 is 0.816 bits per heavy atom. The number of fused-ring (bicyclic) bond motifs is 2. The summed E-state index contributed by atoms with van der Waals surface area (Å²) in [5.41, 5.74) is 7.15. The molecule has 1 aliphatic carbocycles. The lowest BCUT2D eigenvalue weighted by molar-refractivity contribution is 0.153. The second-order valence-corrected chi connectivity index (χ2v) is 10.0. The predicted octanol–water partition coefficient (Wildman–Crippen LogP) is 5.41. The average Bonchev–Trinajstić information content (AvgIpc) is 2.96. The van der Waals surface area contributed by atoms with E-state index >= 15 is 0 Å². The third-order valence-electron chi connectivity index (χ3n) is 7.28. The number of aromatic nitrogens is 2. The average molecular weight is 503 g/mol. The van der Waals surface area contributed by atoms with Crippen LogP contribution in [-0.4, -0.2) is 65.7 Å². The lowest BCUT2D eigenvalue weighted by Gasteiger charge is -2.32. The van der Waals surface area contributed by atoms with Crippen LogP contribution in [0.4, 0.5) is 11.4 Å². The number of benzene rings is 4. The molecular formula is C32H34N6. The summed E-state index contributed by atoms with van der Waals surface area (Å²) >= 11 is 0. The van der Waals surface area contributed by atoms with Gasteiger partial charge in [-0.3, -0.25) is 4.99 Å². The second kappa shape index (κ2) is 11.2. The van der Waals surface area contributed by atoms with E-state index in [0.717, 1.165) is 90.5 Å². The summed E-state index contributed by atoms with van der Waals surface area (Å²) in [6, 6.07) is 33.5. The third-order valence-corrected chi connectivity index (χ3v) is 7.28. The van der Waals surface area contributed by atoms with Crippen molar-refractivity contribution in [2.75, 3.05) is 51.6 Å². The highest BCUT2D eigenvalue weighted by atomic mass is 15.2. The highest BCUT2D eigenvalue weighted by molar-refractivity contribution is 5.84. The van der Waals surface area contributed by atoms with Crippen molar-refractivity contribution in [1.82, 2.24) is 19.4 Å². The first-order chi connectivity index (χ1) is 18.7. The summed E-state index contributed by atoms with van der Waals surface area (Å²) in [6.07, 6.45) is 1.04. The maximum atomic E-state index is 5.13. The standard InChI is InChI=1S/C32H34N6/c1-36-19-21-37(22-20-36)18-10-17-33-28-24-32-30(23-29(28)34-25-11-4-2-5-12-25)35-27-15-8-9-16-31(27)38(32)26-13-6-3-7-14-26/h2-9,11-16,23-24,34H,10,17-22H2,1H3. The van der Waals surface area contributed by atoms with Gasteiger partial charge in [0.05, 0.1) is 33.5 Å². The summed E-state index contributed by atoms with van der Waals surface area (Å²) in [4.78, 5) is 15.1. The minimum atomic E-state index is 0.785. The Balaban J connectivity index is 1.43. The number of para-hydroxylation sites is 4. The molecule has 0 radical (unpaired) electrons. The molecule has 1 fully saturated rings. The zero-order valence-electron chi connectivity index (χ0n) is 21.9. The van der Waals surface area contributed by atoms with Crippen LogP contribution in [0.2, 0.25) is 0 Å². The summed E-state index contributed by atoms with van der Waals surface area (Å²) in [6.45, 7) is 6.45. The topological polar surface area (TPSA) is 48.7 Å². The Hall–Kier alpha value is -4.00. The summed E-state index contributed by atoms with van der Waals surface area (Å²) in [5.74, 6) is 0. The molecule has 0 saturated carbocycles. The summed E-state index contributed by atoms with van der Waals surface area (Å²) < 4.78 is 2.30. The highest BCUT2D eigenvalue weighted by Gasteiger charge is 2.17. The molecule has 2 heterocycles. The molecule has 6 nitrogen and oxygen atoms in total. The van der Waals surface area contributed by atoms with E-state index in [1.807, 2.05) is 24.3 Å². The molecule has 0 atom stereocenters. The fourth-order valence-corrected chi connectivity index (χ4v) is 5.17. The second-order valence-electron chi connectivity index (χ2n) is 10.0. The van der Waals surface area contributed by atoms with Crippen molar-refractivity contribution in [3.05, 3.63) is 102 Å². The molecule has 0 unspecified atom stereocenters. The van der Waals surface area contributed by atoms with Crippen molar-refractivity contribution in [2.45, 2.75) is 6.42 Å². The van der Waals surface area contributed by atoms with Crippen LogP contribution in [0.15, 0.2) is 102 Å². The number of likely N-dealkylation sites (N-methyl/N-ethyl adjacent to an activating group) is 1. The van der Waals surface area contributed by atoms with Crippen LogP contribution in [0.1, 0.15) is 6.42 Å². The van der Waals surface area contributed by atoms with Crippen LogP contribution < -0.4 is 10.7 Å². The highest BCUT2D eigenvalue weighted by Crippen LogP contribution is 2.30. The molecule has 6 heteroatoms. The van der Waals surface area contributed by atoms with E-state index in [9.17, 15) is 0 Å². The first-order valence-electron chi connectivity index (χ1n) is 13.5. The maximum absolute atomic E-state index is 5.13. The molecule has 38 heavy (non-hydrogen) atoms. The molecule has 0 amide bonds. The summed E-state index contributed by atoms with van der Waals surface area (Å²) in [5, 5.41) is 4.57. The number of piperazine rings is 1.